The highest BCUT2D eigenvalue weighted by Gasteiger charge is 2.46. The summed E-state index contributed by atoms with van der Waals surface area (Å²) in [6.45, 7) is 0.747. The first-order valence-corrected chi connectivity index (χ1v) is 8.31. The number of rotatable bonds is 1. The van der Waals surface area contributed by atoms with E-state index in [1.165, 1.54) is 12.8 Å². The largest absolute Gasteiger partial charge is 0.382 e. The van der Waals surface area contributed by atoms with Crippen molar-refractivity contribution in [3.05, 3.63) is 10.8 Å². The lowest BCUT2D eigenvalue weighted by atomic mass is 9.85. The number of anilines is 2. The van der Waals surface area contributed by atoms with Crippen molar-refractivity contribution in [3.63, 3.8) is 0 Å². The number of nitrogen functional groups attached to an aromatic ring is 2. The van der Waals surface area contributed by atoms with Gasteiger partial charge in [0.15, 0.2) is 28.4 Å². The Hall–Kier alpha value is -2.13. The Labute approximate surface area is 143 Å². The molecule has 7 N–H and O–H groups in total. The van der Waals surface area contributed by atoms with Crippen LogP contribution in [0, 0.1) is 0 Å². The number of carbonyl (C=O) groups excluding carboxylic acids is 1. The van der Waals surface area contributed by atoms with Gasteiger partial charge in [0.25, 0.3) is 0 Å². The zero-order valence-electron chi connectivity index (χ0n) is 13.0. The summed E-state index contributed by atoms with van der Waals surface area (Å²) in [4.78, 5) is 24.1. The van der Waals surface area contributed by atoms with Crippen LogP contribution >= 0.6 is 11.6 Å². The van der Waals surface area contributed by atoms with Gasteiger partial charge >= 0.3 is 5.91 Å². The van der Waals surface area contributed by atoms with Crippen LogP contribution in [-0.2, 0) is 0 Å². The Kier molecular flexibility index (Phi) is 3.50. The molecule has 2 unspecified atom stereocenters. The summed E-state index contributed by atoms with van der Waals surface area (Å²) in [6, 6.07) is 1.07. The lowest BCUT2D eigenvalue weighted by Gasteiger charge is -2.37. The summed E-state index contributed by atoms with van der Waals surface area (Å²) in [5.41, 5.74) is 11.1. The zero-order valence-corrected chi connectivity index (χ0v) is 13.7. The number of hydrogen-bond acceptors (Lipinski definition) is 6. The summed E-state index contributed by atoms with van der Waals surface area (Å²) >= 11 is 5.81. The van der Waals surface area contributed by atoms with Crippen LogP contribution in [0.3, 0.4) is 0 Å². The van der Waals surface area contributed by atoms with Crippen molar-refractivity contribution in [3.8, 4) is 0 Å². The molecule has 1 spiro atoms. The second-order valence-corrected chi connectivity index (χ2v) is 7.06. The SMILES string of the molecule is Nc1nc(N)c(C(=O)/N=C2\NCC3(CC4CCC(C3)N4)N2)nc1Cl. The zero-order chi connectivity index (χ0) is 16.9. The molecule has 3 saturated heterocycles. The second-order valence-electron chi connectivity index (χ2n) is 6.70. The lowest BCUT2D eigenvalue weighted by Crippen LogP contribution is -2.55. The maximum absolute atomic E-state index is 12.3. The number of aliphatic imine (C=N–C) groups is 1. The normalized spacial score (nSPS) is 32.8. The van der Waals surface area contributed by atoms with E-state index in [2.05, 4.69) is 30.9 Å². The van der Waals surface area contributed by atoms with Crippen LogP contribution in [0.4, 0.5) is 11.6 Å². The van der Waals surface area contributed by atoms with E-state index < -0.39 is 5.91 Å². The third-order valence-electron chi connectivity index (χ3n) is 4.91. The molecule has 2 atom stereocenters. The van der Waals surface area contributed by atoms with E-state index in [0.29, 0.717) is 18.0 Å². The molecule has 0 saturated carbocycles. The number of halogens is 1. The minimum Gasteiger partial charge on any atom is -0.382 e. The molecule has 0 aliphatic carbocycles. The fourth-order valence-corrected chi connectivity index (χ4v) is 4.04. The van der Waals surface area contributed by atoms with Crippen LogP contribution < -0.4 is 27.4 Å². The van der Waals surface area contributed by atoms with Crippen LogP contribution in [-0.4, -0.2) is 46.0 Å². The first kappa shape index (κ1) is 15.4. The first-order chi connectivity index (χ1) is 11.4. The molecule has 9 nitrogen and oxygen atoms in total. The van der Waals surface area contributed by atoms with Gasteiger partial charge in [0.2, 0.25) is 0 Å². The molecule has 4 heterocycles. The molecule has 3 fully saturated rings. The van der Waals surface area contributed by atoms with Gasteiger partial charge < -0.3 is 27.4 Å². The van der Waals surface area contributed by atoms with Crippen molar-refractivity contribution >= 4 is 35.1 Å². The predicted octanol–water partition coefficient (Wildman–Crippen LogP) is -0.363. The molecule has 0 aromatic carbocycles. The fourth-order valence-electron chi connectivity index (χ4n) is 3.91. The number of aromatic nitrogens is 2. The van der Waals surface area contributed by atoms with Gasteiger partial charge in [0.1, 0.15) is 0 Å². The Morgan fingerprint density at radius 3 is 2.62 bits per heavy atom. The van der Waals surface area contributed by atoms with Gasteiger partial charge in [-0.2, -0.15) is 4.99 Å². The molecule has 1 aromatic heterocycles. The summed E-state index contributed by atoms with van der Waals surface area (Å²) in [5.74, 6) is -0.264. The third-order valence-corrected chi connectivity index (χ3v) is 5.19. The van der Waals surface area contributed by atoms with E-state index in [4.69, 9.17) is 23.1 Å². The topological polar surface area (TPSA) is 143 Å². The highest BCUT2D eigenvalue weighted by molar-refractivity contribution is 6.31. The Bertz CT molecular complexity index is 724. The standard InChI is InChI=1S/C14H19ClN8O/c15-9-11(17)21-10(16)8(20-9)12(24)22-13-18-5-14(23-13)3-6-1-2-7(4-14)19-6/h6-7,19H,1-5H2,(H4,16,17,21)(H2,18,22,23,24). The molecule has 1 aromatic rings. The highest BCUT2D eigenvalue weighted by atomic mass is 35.5. The van der Waals surface area contributed by atoms with Crippen molar-refractivity contribution in [2.75, 3.05) is 18.0 Å². The second kappa shape index (κ2) is 5.45. The number of fused-ring (bicyclic) bond motifs is 2. The van der Waals surface area contributed by atoms with E-state index in [1.807, 2.05) is 0 Å². The predicted molar refractivity (Wildman–Crippen MR) is 90.7 cm³/mol. The molecule has 0 radical (unpaired) electrons. The maximum Gasteiger partial charge on any atom is 0.302 e. The van der Waals surface area contributed by atoms with Crippen LogP contribution in [0.15, 0.2) is 4.99 Å². The summed E-state index contributed by atoms with van der Waals surface area (Å²) < 4.78 is 0. The Morgan fingerprint density at radius 2 is 1.92 bits per heavy atom. The average molecular weight is 351 g/mol. The molecule has 4 rings (SSSR count). The molecule has 10 heteroatoms. The molecule has 1 amide bonds. The first-order valence-electron chi connectivity index (χ1n) is 7.94. The van der Waals surface area contributed by atoms with Crippen molar-refractivity contribution in [2.24, 2.45) is 4.99 Å². The number of nitrogens with one attached hydrogen (secondary N) is 3. The van der Waals surface area contributed by atoms with Crippen LogP contribution in [0.5, 0.6) is 0 Å². The van der Waals surface area contributed by atoms with Gasteiger partial charge in [-0.1, -0.05) is 11.6 Å². The van der Waals surface area contributed by atoms with Gasteiger partial charge in [-0.25, -0.2) is 9.97 Å². The maximum atomic E-state index is 12.3. The van der Waals surface area contributed by atoms with Gasteiger partial charge in [0.05, 0.1) is 5.54 Å². The quantitative estimate of drug-likeness (QED) is 0.462. The van der Waals surface area contributed by atoms with E-state index in [0.717, 1.165) is 19.4 Å². The molecular weight excluding hydrogens is 332 g/mol. The third kappa shape index (κ3) is 2.63. The van der Waals surface area contributed by atoms with Crippen molar-refractivity contribution < 1.29 is 4.79 Å². The number of amides is 1. The van der Waals surface area contributed by atoms with Crippen LogP contribution in [0.1, 0.15) is 36.2 Å². The van der Waals surface area contributed by atoms with Crippen molar-refractivity contribution in [1.82, 2.24) is 25.9 Å². The Morgan fingerprint density at radius 1 is 1.21 bits per heavy atom. The summed E-state index contributed by atoms with van der Waals surface area (Å²) in [5, 5.41) is 10.1. The monoisotopic (exact) mass is 350 g/mol. The number of nitrogens with two attached hydrogens (primary N) is 2. The average Bonchev–Trinajstić information content (AvgIpc) is 3.06. The Balaban J connectivity index is 1.53. The summed E-state index contributed by atoms with van der Waals surface area (Å²) in [7, 11) is 0. The van der Waals surface area contributed by atoms with Crippen molar-refractivity contribution in [1.29, 1.82) is 0 Å². The van der Waals surface area contributed by atoms with Gasteiger partial charge in [-0.15, -0.1) is 0 Å². The van der Waals surface area contributed by atoms with Gasteiger partial charge in [-0.05, 0) is 25.7 Å². The lowest BCUT2D eigenvalue weighted by molar-refractivity contribution is 0.0998. The van der Waals surface area contributed by atoms with E-state index in [-0.39, 0.29) is 28.0 Å². The molecule has 3 aliphatic rings. The van der Waals surface area contributed by atoms with E-state index >= 15 is 0 Å². The van der Waals surface area contributed by atoms with Crippen LogP contribution in [0.25, 0.3) is 0 Å². The molecule has 3 aliphatic heterocycles. The molecule has 128 valence electrons. The number of guanidine groups is 1. The number of hydrogen-bond donors (Lipinski definition) is 5. The highest BCUT2D eigenvalue weighted by Crippen LogP contribution is 2.35. The number of carbonyl (C=O) groups is 1. The minimum absolute atomic E-state index is 0.0142. The van der Waals surface area contributed by atoms with E-state index in [9.17, 15) is 4.79 Å². The number of nitrogens with zero attached hydrogens (tertiary/aromatic N) is 3. The van der Waals surface area contributed by atoms with E-state index in [1.54, 1.807) is 0 Å². The molecule has 24 heavy (non-hydrogen) atoms. The number of piperidine rings is 1. The minimum atomic E-state index is -0.606. The molecule has 2 bridgehead atoms. The van der Waals surface area contributed by atoms with Gasteiger partial charge in [0, 0.05) is 18.6 Å². The van der Waals surface area contributed by atoms with Crippen LogP contribution in [0.2, 0.25) is 5.15 Å². The summed E-state index contributed by atoms with van der Waals surface area (Å²) in [6.07, 6.45) is 4.43. The smallest absolute Gasteiger partial charge is 0.302 e. The molecular formula is C14H19ClN8O. The van der Waals surface area contributed by atoms with Gasteiger partial charge in [-0.3, -0.25) is 4.79 Å². The van der Waals surface area contributed by atoms with Crippen molar-refractivity contribution in [2.45, 2.75) is 43.3 Å². The fraction of sp³-hybridized carbons (Fsp3) is 0.571.